The molecule has 0 spiro atoms. The van der Waals surface area contributed by atoms with Gasteiger partial charge in [0.15, 0.2) is 0 Å². The third kappa shape index (κ3) is 7.03. The van der Waals surface area contributed by atoms with Crippen molar-refractivity contribution in [1.82, 2.24) is 25.1 Å². The molecule has 2 aromatic heterocycles. The van der Waals surface area contributed by atoms with Crippen LogP contribution >= 0.6 is 0 Å². The summed E-state index contributed by atoms with van der Waals surface area (Å²) < 4.78 is 1.77. The van der Waals surface area contributed by atoms with Crippen molar-refractivity contribution in [1.29, 1.82) is 5.26 Å². The third-order valence-corrected chi connectivity index (χ3v) is 7.40. The Hall–Kier alpha value is -4.95. The SMILES string of the molecule is Cn1cc(-c2ccc(N(C(=O)NCc3ccccc3)C3CCC(Nc4ncc(C#N)c(NCCO)n4)CC3)cc2)cn1. The number of aliphatic hydroxyl groups is 1. The number of urea groups is 1. The molecule has 5 rings (SSSR count). The van der Waals surface area contributed by atoms with Gasteiger partial charge in [0.25, 0.3) is 0 Å². The van der Waals surface area contributed by atoms with Crippen molar-refractivity contribution >= 4 is 23.5 Å². The van der Waals surface area contributed by atoms with Crippen LogP contribution in [0.3, 0.4) is 0 Å². The van der Waals surface area contributed by atoms with E-state index in [0.29, 0.717) is 30.4 Å². The van der Waals surface area contributed by atoms with Gasteiger partial charge in [0, 0.05) is 49.7 Å². The molecule has 4 N–H and O–H groups in total. The van der Waals surface area contributed by atoms with Gasteiger partial charge in [0.05, 0.1) is 19.0 Å². The first-order valence-corrected chi connectivity index (χ1v) is 14.1. The summed E-state index contributed by atoms with van der Waals surface area (Å²) in [5.41, 5.74) is 4.28. The van der Waals surface area contributed by atoms with Gasteiger partial charge in [-0.15, -0.1) is 0 Å². The van der Waals surface area contributed by atoms with E-state index in [1.165, 1.54) is 6.20 Å². The van der Waals surface area contributed by atoms with Crippen LogP contribution in [0.5, 0.6) is 0 Å². The Morgan fingerprint density at radius 2 is 1.83 bits per heavy atom. The highest BCUT2D eigenvalue weighted by Crippen LogP contribution is 2.31. The number of rotatable bonds is 10. The molecular weight excluding hydrogens is 530 g/mol. The normalized spacial score (nSPS) is 16.3. The topological polar surface area (TPSA) is 144 Å². The highest BCUT2D eigenvalue weighted by molar-refractivity contribution is 5.93. The lowest BCUT2D eigenvalue weighted by Crippen LogP contribution is -2.48. The van der Waals surface area contributed by atoms with Gasteiger partial charge in [-0.3, -0.25) is 9.58 Å². The lowest BCUT2D eigenvalue weighted by atomic mass is 9.90. The minimum Gasteiger partial charge on any atom is -0.395 e. The lowest BCUT2D eigenvalue weighted by molar-refractivity contribution is 0.240. The molecule has 216 valence electrons. The minimum atomic E-state index is -0.126. The number of hydrogen-bond acceptors (Lipinski definition) is 8. The Morgan fingerprint density at radius 1 is 1.07 bits per heavy atom. The molecule has 0 unspecified atom stereocenters. The van der Waals surface area contributed by atoms with Crippen LogP contribution in [0.25, 0.3) is 11.1 Å². The van der Waals surface area contributed by atoms with Gasteiger partial charge in [-0.2, -0.15) is 15.3 Å². The number of carbonyl (C=O) groups excluding carboxylic acids is 1. The summed E-state index contributed by atoms with van der Waals surface area (Å²) in [6.07, 6.45) is 8.52. The second-order valence-electron chi connectivity index (χ2n) is 10.3. The van der Waals surface area contributed by atoms with Crippen molar-refractivity contribution in [2.45, 2.75) is 44.3 Å². The Labute approximate surface area is 245 Å². The Bertz CT molecular complexity index is 1510. The average molecular weight is 566 g/mol. The van der Waals surface area contributed by atoms with Gasteiger partial charge >= 0.3 is 6.03 Å². The van der Waals surface area contributed by atoms with Crippen LogP contribution in [0.15, 0.2) is 73.2 Å². The molecule has 2 heterocycles. The molecule has 1 fully saturated rings. The second-order valence-corrected chi connectivity index (χ2v) is 10.3. The first kappa shape index (κ1) is 28.6. The summed E-state index contributed by atoms with van der Waals surface area (Å²) >= 11 is 0. The van der Waals surface area contributed by atoms with E-state index < -0.39 is 0 Å². The average Bonchev–Trinajstić information content (AvgIpc) is 3.47. The van der Waals surface area contributed by atoms with E-state index in [0.717, 1.165) is 48.1 Å². The summed E-state index contributed by atoms with van der Waals surface area (Å²) in [7, 11) is 1.89. The smallest absolute Gasteiger partial charge is 0.322 e. The number of aryl methyl sites for hydroxylation is 1. The highest BCUT2D eigenvalue weighted by Gasteiger charge is 2.30. The summed E-state index contributed by atoms with van der Waals surface area (Å²) in [5, 5.41) is 32.2. The van der Waals surface area contributed by atoms with Gasteiger partial charge in [-0.05, 0) is 48.9 Å². The third-order valence-electron chi connectivity index (χ3n) is 7.40. The number of aromatic nitrogens is 4. The van der Waals surface area contributed by atoms with Crippen LogP contribution in [0, 0.1) is 11.3 Å². The second kappa shape index (κ2) is 13.6. The number of anilines is 3. The quantitative estimate of drug-likeness (QED) is 0.223. The zero-order chi connectivity index (χ0) is 29.3. The molecule has 42 heavy (non-hydrogen) atoms. The van der Waals surface area contributed by atoms with Crippen LogP contribution in [-0.2, 0) is 13.6 Å². The van der Waals surface area contributed by atoms with Gasteiger partial charge in [0.1, 0.15) is 17.5 Å². The zero-order valence-corrected chi connectivity index (χ0v) is 23.6. The molecule has 0 radical (unpaired) electrons. The molecule has 2 amide bonds. The van der Waals surface area contributed by atoms with E-state index >= 15 is 0 Å². The van der Waals surface area contributed by atoms with E-state index in [4.69, 9.17) is 5.11 Å². The van der Waals surface area contributed by atoms with E-state index in [9.17, 15) is 10.1 Å². The van der Waals surface area contributed by atoms with Gasteiger partial charge < -0.3 is 21.1 Å². The molecule has 1 aliphatic carbocycles. The first-order chi connectivity index (χ1) is 20.5. The molecule has 1 saturated carbocycles. The van der Waals surface area contributed by atoms with Crippen LogP contribution in [-0.4, -0.2) is 56.1 Å². The van der Waals surface area contributed by atoms with Crippen LogP contribution in [0.4, 0.5) is 22.2 Å². The first-order valence-electron chi connectivity index (χ1n) is 14.1. The van der Waals surface area contributed by atoms with Crippen molar-refractivity contribution in [3.05, 3.63) is 84.3 Å². The molecule has 4 aromatic rings. The van der Waals surface area contributed by atoms with E-state index in [1.807, 2.05) is 78.9 Å². The minimum absolute atomic E-state index is 0.0201. The van der Waals surface area contributed by atoms with Crippen molar-refractivity contribution < 1.29 is 9.90 Å². The molecule has 1 aliphatic rings. The number of nitriles is 1. The molecule has 0 aliphatic heterocycles. The lowest BCUT2D eigenvalue weighted by Gasteiger charge is -2.37. The molecule has 11 nitrogen and oxygen atoms in total. The Balaban J connectivity index is 1.28. The fourth-order valence-electron chi connectivity index (χ4n) is 5.24. The van der Waals surface area contributed by atoms with E-state index in [2.05, 4.69) is 37.1 Å². The number of nitrogens with one attached hydrogen (secondary N) is 3. The molecule has 0 bridgehead atoms. The van der Waals surface area contributed by atoms with Crippen LogP contribution < -0.4 is 20.9 Å². The maximum absolute atomic E-state index is 13.6. The van der Waals surface area contributed by atoms with Crippen molar-refractivity contribution in [3.8, 4) is 17.2 Å². The standard InChI is InChI=1S/C31H35N9O2/c1-39-21-25(20-36-39)23-7-11-27(12-8-23)40(31(42)35-18-22-5-3-2-4-6-22)28-13-9-26(10-14-28)37-30-34-19-24(17-32)29(38-30)33-15-16-41/h2-8,11-12,19-21,26,28,41H,9-10,13-16,18H2,1H3,(H,35,42)(H2,33,34,37,38). The van der Waals surface area contributed by atoms with Crippen LogP contribution in [0.2, 0.25) is 0 Å². The monoisotopic (exact) mass is 565 g/mol. The fourth-order valence-corrected chi connectivity index (χ4v) is 5.24. The molecule has 0 saturated heterocycles. The fraction of sp³-hybridized carbons (Fsp3) is 0.323. The maximum atomic E-state index is 13.6. The maximum Gasteiger partial charge on any atom is 0.322 e. The Kier molecular flexibility index (Phi) is 9.26. The van der Waals surface area contributed by atoms with Crippen LogP contribution in [0.1, 0.15) is 36.8 Å². The van der Waals surface area contributed by atoms with E-state index in [1.54, 1.807) is 4.68 Å². The summed E-state index contributed by atoms with van der Waals surface area (Å²) in [5.74, 6) is 0.829. The molecule has 0 atom stereocenters. The number of nitrogens with zero attached hydrogens (tertiary/aromatic N) is 6. The number of carbonyl (C=O) groups is 1. The van der Waals surface area contributed by atoms with Crippen molar-refractivity contribution in [3.63, 3.8) is 0 Å². The molecular formula is C31H35N9O2. The number of aliphatic hydroxyl groups excluding tert-OH is 1. The number of benzene rings is 2. The summed E-state index contributed by atoms with van der Waals surface area (Å²) in [4.78, 5) is 24.3. The summed E-state index contributed by atoms with van der Waals surface area (Å²) in [6.45, 7) is 0.675. The Morgan fingerprint density at radius 3 is 2.50 bits per heavy atom. The van der Waals surface area contributed by atoms with Crippen molar-refractivity contribution in [2.75, 3.05) is 28.7 Å². The molecule has 2 aromatic carbocycles. The largest absolute Gasteiger partial charge is 0.395 e. The van der Waals surface area contributed by atoms with E-state index in [-0.39, 0.29) is 24.7 Å². The zero-order valence-electron chi connectivity index (χ0n) is 23.6. The highest BCUT2D eigenvalue weighted by atomic mass is 16.3. The summed E-state index contributed by atoms with van der Waals surface area (Å²) in [6, 6.07) is 20.0. The van der Waals surface area contributed by atoms with Crippen molar-refractivity contribution in [2.24, 2.45) is 7.05 Å². The number of hydrogen-bond donors (Lipinski definition) is 4. The van der Waals surface area contributed by atoms with Gasteiger partial charge in [0.2, 0.25) is 5.95 Å². The van der Waals surface area contributed by atoms with Gasteiger partial charge in [-0.25, -0.2) is 9.78 Å². The predicted molar refractivity (Wildman–Crippen MR) is 162 cm³/mol. The van der Waals surface area contributed by atoms with Gasteiger partial charge in [-0.1, -0.05) is 42.5 Å². The predicted octanol–water partition coefficient (Wildman–Crippen LogP) is 4.29. The molecule has 11 heteroatoms. The number of amides is 2.